The normalized spacial score (nSPS) is 11.7. The minimum Gasteiger partial charge on any atom is -0.307 e. The van der Waals surface area contributed by atoms with Crippen molar-refractivity contribution in [1.29, 1.82) is 0 Å². The van der Waals surface area contributed by atoms with E-state index in [1.807, 2.05) is 0 Å². The van der Waals surface area contributed by atoms with Gasteiger partial charge in [0.15, 0.2) is 0 Å². The summed E-state index contributed by atoms with van der Waals surface area (Å²) in [5.41, 5.74) is 7.14. The Balaban J connectivity index is 1.92. The Labute approximate surface area is 190 Å². The number of rotatable bonds is 2. The van der Waals surface area contributed by atoms with Crippen LogP contribution in [0.5, 0.6) is 0 Å². The molecule has 0 aliphatic rings. The molecule has 0 saturated carbocycles. The van der Waals surface area contributed by atoms with Crippen molar-refractivity contribution in [3.05, 3.63) is 106 Å². The fraction of sp³-hybridized carbons (Fsp3) is 0. The Bertz CT molecular complexity index is 1430. The van der Waals surface area contributed by atoms with E-state index in [0.717, 1.165) is 20.3 Å². The molecule has 0 unspecified atom stereocenters. The predicted octanol–water partition coefficient (Wildman–Crippen LogP) is 8.25. The Morgan fingerprint density at radius 2 is 0.867 bits per heavy atom. The fourth-order valence-electron chi connectivity index (χ4n) is 4.42. The molecule has 6 rings (SSSR count). The van der Waals surface area contributed by atoms with Crippen molar-refractivity contribution in [3.8, 4) is 11.4 Å². The van der Waals surface area contributed by atoms with Gasteiger partial charge in [0.2, 0.25) is 0 Å². The first-order valence-electron chi connectivity index (χ1n) is 9.77. The monoisotopic (exact) mass is 514 g/mol. The smallest absolute Gasteiger partial charge is 0.0803 e. The van der Waals surface area contributed by atoms with Gasteiger partial charge in [-0.3, -0.25) is 0 Å². The number of benzene rings is 4. The maximum atomic E-state index is 3.68. The quantitative estimate of drug-likeness (QED) is 0.219. The third kappa shape index (κ3) is 2.60. The molecule has 0 amide bonds. The number of hydrogen-bond donors (Lipinski definition) is 0. The van der Waals surface area contributed by atoms with Crippen LogP contribution in [-0.4, -0.2) is 9.13 Å². The summed E-state index contributed by atoms with van der Waals surface area (Å²) in [4.78, 5) is 0. The molecule has 0 radical (unpaired) electrons. The highest BCUT2D eigenvalue weighted by Crippen LogP contribution is 2.41. The third-order valence-corrected chi connectivity index (χ3v) is 6.60. The van der Waals surface area contributed by atoms with E-state index in [1.165, 1.54) is 32.8 Å². The first-order chi connectivity index (χ1) is 14.7. The number of fused-ring (bicyclic) bond motifs is 5. The molecule has 0 saturated heterocycles. The van der Waals surface area contributed by atoms with Crippen molar-refractivity contribution in [2.45, 2.75) is 0 Å². The molecular weight excluding hydrogens is 500 g/mol. The summed E-state index contributed by atoms with van der Waals surface area (Å²) in [5.74, 6) is 0. The second-order valence-corrected chi connectivity index (χ2v) is 9.19. The SMILES string of the molecule is Brc1ccc2c(c1)n(-c1ccccc1)c1c3ccc(Br)cc3n(-c3ccccc3)c21. The molecule has 6 aromatic rings. The zero-order valence-corrected chi connectivity index (χ0v) is 19.1. The Kier molecular flexibility index (Phi) is 4.12. The van der Waals surface area contributed by atoms with Crippen LogP contribution in [0.4, 0.5) is 0 Å². The Hall–Kier alpha value is -2.82. The molecule has 0 aliphatic heterocycles. The zero-order valence-electron chi connectivity index (χ0n) is 15.9. The van der Waals surface area contributed by atoms with Crippen molar-refractivity contribution in [3.63, 3.8) is 0 Å². The summed E-state index contributed by atoms with van der Waals surface area (Å²) in [5, 5.41) is 2.46. The lowest BCUT2D eigenvalue weighted by Crippen LogP contribution is -1.93. The number of hydrogen-bond acceptors (Lipinski definition) is 0. The predicted molar refractivity (Wildman–Crippen MR) is 133 cm³/mol. The van der Waals surface area contributed by atoms with Gasteiger partial charge in [-0.05, 0) is 60.7 Å². The number of aromatic nitrogens is 2. The van der Waals surface area contributed by atoms with Crippen molar-refractivity contribution in [2.75, 3.05) is 0 Å². The first kappa shape index (κ1) is 18.0. The lowest BCUT2D eigenvalue weighted by Gasteiger charge is -2.09. The minimum atomic E-state index is 1.07. The summed E-state index contributed by atoms with van der Waals surface area (Å²) in [7, 11) is 0. The summed E-state index contributed by atoms with van der Waals surface area (Å²) < 4.78 is 6.91. The summed E-state index contributed by atoms with van der Waals surface area (Å²) in [6.45, 7) is 0. The van der Waals surface area contributed by atoms with Gasteiger partial charge in [0.05, 0.1) is 22.1 Å². The second kappa shape index (κ2) is 6.86. The van der Waals surface area contributed by atoms with Gasteiger partial charge in [-0.1, -0.05) is 68.3 Å². The van der Waals surface area contributed by atoms with E-state index in [9.17, 15) is 0 Å². The molecule has 4 heteroatoms. The van der Waals surface area contributed by atoms with Gasteiger partial charge in [0.25, 0.3) is 0 Å². The molecule has 2 aromatic heterocycles. The molecule has 0 aliphatic carbocycles. The number of halogens is 2. The molecule has 0 atom stereocenters. The van der Waals surface area contributed by atoms with Crippen LogP contribution in [0.3, 0.4) is 0 Å². The van der Waals surface area contributed by atoms with Crippen LogP contribution < -0.4 is 0 Å². The third-order valence-electron chi connectivity index (χ3n) is 5.61. The topological polar surface area (TPSA) is 9.86 Å². The van der Waals surface area contributed by atoms with E-state index >= 15 is 0 Å². The first-order valence-corrected chi connectivity index (χ1v) is 11.4. The summed E-state index contributed by atoms with van der Waals surface area (Å²) in [6, 6.07) is 34.3. The zero-order chi connectivity index (χ0) is 20.2. The van der Waals surface area contributed by atoms with E-state index in [2.05, 4.69) is 138 Å². The highest BCUT2D eigenvalue weighted by Gasteiger charge is 2.22. The molecule has 0 N–H and O–H groups in total. The fourth-order valence-corrected chi connectivity index (χ4v) is 5.12. The van der Waals surface area contributed by atoms with Crippen LogP contribution in [-0.2, 0) is 0 Å². The average molecular weight is 516 g/mol. The van der Waals surface area contributed by atoms with Gasteiger partial charge < -0.3 is 9.13 Å². The van der Waals surface area contributed by atoms with E-state index in [4.69, 9.17) is 0 Å². The van der Waals surface area contributed by atoms with Gasteiger partial charge >= 0.3 is 0 Å². The second-order valence-electron chi connectivity index (χ2n) is 7.36. The Morgan fingerprint density at radius 3 is 1.27 bits per heavy atom. The highest BCUT2D eigenvalue weighted by molar-refractivity contribution is 9.10. The van der Waals surface area contributed by atoms with Crippen LogP contribution in [0.2, 0.25) is 0 Å². The van der Waals surface area contributed by atoms with Crippen molar-refractivity contribution in [2.24, 2.45) is 0 Å². The maximum Gasteiger partial charge on any atom is 0.0803 e. The van der Waals surface area contributed by atoms with Crippen molar-refractivity contribution in [1.82, 2.24) is 9.13 Å². The van der Waals surface area contributed by atoms with Crippen molar-refractivity contribution >= 4 is 64.7 Å². The summed E-state index contributed by atoms with van der Waals surface area (Å²) in [6.07, 6.45) is 0. The van der Waals surface area contributed by atoms with Gasteiger partial charge in [-0.25, -0.2) is 0 Å². The van der Waals surface area contributed by atoms with Crippen LogP contribution in [0.15, 0.2) is 106 Å². The van der Waals surface area contributed by atoms with E-state index < -0.39 is 0 Å². The maximum absolute atomic E-state index is 3.68. The standard InChI is InChI=1S/C26H16Br2N2/c27-17-11-13-21-23(15-17)29(19-7-3-1-4-8-19)25-22-14-12-18(28)16-24(22)30(26(21)25)20-9-5-2-6-10-20/h1-16H. The van der Waals surface area contributed by atoms with Gasteiger partial charge in [-0.2, -0.15) is 0 Å². The van der Waals surface area contributed by atoms with E-state index in [0.29, 0.717) is 0 Å². The molecule has 144 valence electrons. The molecule has 0 fully saturated rings. The lowest BCUT2D eigenvalue weighted by molar-refractivity contribution is 1.17. The number of para-hydroxylation sites is 2. The van der Waals surface area contributed by atoms with Crippen LogP contribution in [0, 0.1) is 0 Å². The molecule has 2 nitrogen and oxygen atoms in total. The van der Waals surface area contributed by atoms with E-state index in [-0.39, 0.29) is 0 Å². The molecule has 30 heavy (non-hydrogen) atoms. The molecule has 4 aromatic carbocycles. The van der Waals surface area contributed by atoms with Crippen LogP contribution in [0.25, 0.3) is 44.2 Å². The number of nitrogens with zero attached hydrogens (tertiary/aromatic N) is 2. The lowest BCUT2D eigenvalue weighted by atomic mass is 10.2. The van der Waals surface area contributed by atoms with Crippen LogP contribution in [0.1, 0.15) is 0 Å². The molecular formula is C26H16Br2N2. The minimum absolute atomic E-state index is 1.07. The van der Waals surface area contributed by atoms with Crippen LogP contribution >= 0.6 is 31.9 Å². The van der Waals surface area contributed by atoms with Gasteiger partial charge in [0, 0.05) is 31.1 Å². The van der Waals surface area contributed by atoms with Crippen molar-refractivity contribution < 1.29 is 0 Å². The molecule has 0 spiro atoms. The largest absolute Gasteiger partial charge is 0.307 e. The molecule has 2 heterocycles. The average Bonchev–Trinajstić information content (AvgIpc) is 3.26. The van der Waals surface area contributed by atoms with E-state index in [1.54, 1.807) is 0 Å². The van der Waals surface area contributed by atoms with Gasteiger partial charge in [-0.15, -0.1) is 0 Å². The Morgan fingerprint density at radius 1 is 0.467 bits per heavy atom. The highest BCUT2D eigenvalue weighted by atomic mass is 79.9. The summed E-state index contributed by atoms with van der Waals surface area (Å²) >= 11 is 7.36. The van der Waals surface area contributed by atoms with Gasteiger partial charge in [0.1, 0.15) is 0 Å². The molecule has 0 bridgehead atoms.